The first-order valence-electron chi connectivity index (χ1n) is 8.11. The maximum absolute atomic E-state index is 12.4. The molecule has 2 aromatic heterocycles. The van der Waals surface area contributed by atoms with Crippen molar-refractivity contribution in [2.45, 2.75) is 38.7 Å². The monoisotopic (exact) mass is 331 g/mol. The zero-order chi connectivity index (χ0) is 16.9. The van der Waals surface area contributed by atoms with Crippen LogP contribution in [-0.2, 0) is 16.0 Å². The molecule has 0 saturated carbocycles. The van der Waals surface area contributed by atoms with Gasteiger partial charge in [0, 0.05) is 37.7 Å². The molecule has 8 heteroatoms. The third kappa shape index (κ3) is 3.94. The van der Waals surface area contributed by atoms with Gasteiger partial charge in [0.1, 0.15) is 6.10 Å². The number of aromatic nitrogens is 4. The fourth-order valence-corrected chi connectivity index (χ4v) is 2.50. The zero-order valence-electron chi connectivity index (χ0n) is 13.9. The minimum absolute atomic E-state index is 0.0523. The van der Waals surface area contributed by atoms with Crippen LogP contribution >= 0.6 is 0 Å². The van der Waals surface area contributed by atoms with Gasteiger partial charge in [-0.15, -0.1) is 10.2 Å². The van der Waals surface area contributed by atoms with E-state index >= 15 is 0 Å². The third-order valence-electron chi connectivity index (χ3n) is 3.86. The van der Waals surface area contributed by atoms with Crippen molar-refractivity contribution in [3.05, 3.63) is 36.1 Å². The summed E-state index contributed by atoms with van der Waals surface area (Å²) in [6, 6.07) is 0. The van der Waals surface area contributed by atoms with Gasteiger partial charge < -0.3 is 14.1 Å². The third-order valence-corrected chi connectivity index (χ3v) is 3.86. The Morgan fingerprint density at radius 1 is 1.38 bits per heavy atom. The SMILES string of the molecule is CC(C)c1nnc(CCC(=O)N2CCO[C@@H](c3cnccn3)C2)o1. The molecule has 1 saturated heterocycles. The highest BCUT2D eigenvalue weighted by Crippen LogP contribution is 2.20. The Balaban J connectivity index is 1.54. The van der Waals surface area contributed by atoms with Crippen LogP contribution in [0.2, 0.25) is 0 Å². The average molecular weight is 331 g/mol. The molecule has 1 atom stereocenters. The van der Waals surface area contributed by atoms with Crippen molar-refractivity contribution in [2.24, 2.45) is 0 Å². The molecule has 0 spiro atoms. The van der Waals surface area contributed by atoms with Gasteiger partial charge in [-0.3, -0.25) is 14.8 Å². The number of hydrogen-bond acceptors (Lipinski definition) is 7. The van der Waals surface area contributed by atoms with Gasteiger partial charge in [0.15, 0.2) is 0 Å². The zero-order valence-corrected chi connectivity index (χ0v) is 13.9. The Labute approximate surface area is 140 Å². The smallest absolute Gasteiger partial charge is 0.223 e. The molecule has 1 fully saturated rings. The van der Waals surface area contributed by atoms with Crippen molar-refractivity contribution in [3.63, 3.8) is 0 Å². The highest BCUT2D eigenvalue weighted by atomic mass is 16.5. The summed E-state index contributed by atoms with van der Waals surface area (Å²) in [6.07, 6.45) is 5.47. The largest absolute Gasteiger partial charge is 0.425 e. The second-order valence-corrected chi connectivity index (χ2v) is 6.02. The van der Waals surface area contributed by atoms with E-state index < -0.39 is 0 Å². The first kappa shape index (κ1) is 16.5. The van der Waals surface area contributed by atoms with Crippen molar-refractivity contribution < 1.29 is 13.9 Å². The molecular formula is C16H21N5O3. The van der Waals surface area contributed by atoms with Crippen LogP contribution in [0.4, 0.5) is 0 Å². The molecule has 1 aliphatic heterocycles. The molecule has 1 amide bonds. The summed E-state index contributed by atoms with van der Waals surface area (Å²) < 4.78 is 11.2. The second kappa shape index (κ2) is 7.48. The summed E-state index contributed by atoms with van der Waals surface area (Å²) in [5, 5.41) is 7.97. The number of morpholine rings is 1. The molecule has 3 rings (SSSR count). The van der Waals surface area contributed by atoms with Gasteiger partial charge in [0.25, 0.3) is 0 Å². The number of aryl methyl sites for hydroxylation is 1. The second-order valence-electron chi connectivity index (χ2n) is 6.02. The molecule has 0 aromatic carbocycles. The Morgan fingerprint density at radius 2 is 2.25 bits per heavy atom. The molecule has 128 valence electrons. The molecule has 0 aliphatic carbocycles. The predicted molar refractivity (Wildman–Crippen MR) is 84.0 cm³/mol. The molecule has 1 aliphatic rings. The van der Waals surface area contributed by atoms with Crippen molar-refractivity contribution in [1.82, 2.24) is 25.1 Å². The Bertz CT molecular complexity index is 673. The van der Waals surface area contributed by atoms with Gasteiger partial charge in [-0.2, -0.15) is 0 Å². The quantitative estimate of drug-likeness (QED) is 0.819. The van der Waals surface area contributed by atoms with Crippen LogP contribution in [0.5, 0.6) is 0 Å². The van der Waals surface area contributed by atoms with E-state index in [4.69, 9.17) is 9.15 Å². The number of carbonyl (C=O) groups is 1. The van der Waals surface area contributed by atoms with Crippen molar-refractivity contribution in [1.29, 1.82) is 0 Å². The lowest BCUT2D eigenvalue weighted by molar-refractivity contribution is -0.139. The van der Waals surface area contributed by atoms with E-state index in [1.807, 2.05) is 13.8 Å². The van der Waals surface area contributed by atoms with Gasteiger partial charge in [-0.25, -0.2) is 0 Å². The number of hydrogen-bond donors (Lipinski definition) is 0. The molecule has 8 nitrogen and oxygen atoms in total. The maximum atomic E-state index is 12.4. The lowest BCUT2D eigenvalue weighted by atomic mass is 10.2. The van der Waals surface area contributed by atoms with E-state index in [-0.39, 0.29) is 17.9 Å². The fourth-order valence-electron chi connectivity index (χ4n) is 2.50. The number of carbonyl (C=O) groups excluding carboxylic acids is 1. The molecule has 24 heavy (non-hydrogen) atoms. The lowest BCUT2D eigenvalue weighted by Gasteiger charge is -2.32. The van der Waals surface area contributed by atoms with Crippen molar-refractivity contribution >= 4 is 5.91 Å². The summed E-state index contributed by atoms with van der Waals surface area (Å²) in [6.45, 7) is 5.53. The van der Waals surface area contributed by atoms with Crippen LogP contribution in [-0.4, -0.2) is 50.7 Å². The minimum Gasteiger partial charge on any atom is -0.425 e. The summed E-state index contributed by atoms with van der Waals surface area (Å²) in [7, 11) is 0. The van der Waals surface area contributed by atoms with E-state index in [0.29, 0.717) is 44.3 Å². The van der Waals surface area contributed by atoms with E-state index in [9.17, 15) is 4.79 Å². The van der Waals surface area contributed by atoms with E-state index in [0.717, 1.165) is 5.69 Å². The minimum atomic E-state index is -0.229. The fraction of sp³-hybridized carbons (Fsp3) is 0.562. The molecule has 2 aromatic rings. The number of nitrogens with zero attached hydrogens (tertiary/aromatic N) is 5. The molecule has 0 unspecified atom stereocenters. The van der Waals surface area contributed by atoms with E-state index in [2.05, 4.69) is 20.2 Å². The molecular weight excluding hydrogens is 310 g/mol. The van der Waals surface area contributed by atoms with Gasteiger partial charge >= 0.3 is 0 Å². The van der Waals surface area contributed by atoms with Crippen molar-refractivity contribution in [3.8, 4) is 0 Å². The van der Waals surface area contributed by atoms with Gasteiger partial charge in [0.2, 0.25) is 17.7 Å². The Morgan fingerprint density at radius 3 is 2.96 bits per heavy atom. The summed E-state index contributed by atoms with van der Waals surface area (Å²) in [4.78, 5) is 22.5. The predicted octanol–water partition coefficient (Wildman–Crippen LogP) is 1.52. The highest BCUT2D eigenvalue weighted by molar-refractivity contribution is 5.76. The van der Waals surface area contributed by atoms with E-state index in [1.54, 1.807) is 23.5 Å². The maximum Gasteiger partial charge on any atom is 0.223 e. The first-order chi connectivity index (χ1) is 11.6. The first-order valence-corrected chi connectivity index (χ1v) is 8.11. The Kier molecular flexibility index (Phi) is 5.14. The molecule has 0 bridgehead atoms. The summed E-state index contributed by atoms with van der Waals surface area (Å²) in [5.74, 6) is 1.35. The standard InChI is InChI=1S/C16H21N5O3/c1-11(2)16-20-19-14(24-16)3-4-15(22)21-7-8-23-13(10-21)12-9-17-5-6-18-12/h5-6,9,11,13H,3-4,7-8,10H2,1-2H3/t13-/m1/s1. The molecule has 0 N–H and O–H groups in total. The normalized spacial score (nSPS) is 18.1. The van der Waals surface area contributed by atoms with Crippen LogP contribution in [0.1, 0.15) is 49.8 Å². The number of rotatable bonds is 5. The highest BCUT2D eigenvalue weighted by Gasteiger charge is 2.26. The summed E-state index contributed by atoms with van der Waals surface area (Å²) >= 11 is 0. The van der Waals surface area contributed by atoms with Gasteiger partial charge in [-0.1, -0.05) is 13.8 Å². The molecule has 0 radical (unpaired) electrons. The number of amides is 1. The van der Waals surface area contributed by atoms with Gasteiger partial charge in [-0.05, 0) is 0 Å². The van der Waals surface area contributed by atoms with E-state index in [1.165, 1.54) is 0 Å². The number of ether oxygens (including phenoxy) is 1. The summed E-state index contributed by atoms with van der Waals surface area (Å²) in [5.41, 5.74) is 0.744. The van der Waals surface area contributed by atoms with Crippen LogP contribution in [0, 0.1) is 0 Å². The lowest BCUT2D eigenvalue weighted by Crippen LogP contribution is -2.42. The van der Waals surface area contributed by atoms with Crippen LogP contribution < -0.4 is 0 Å². The topological polar surface area (TPSA) is 94.2 Å². The van der Waals surface area contributed by atoms with Crippen LogP contribution in [0.15, 0.2) is 23.0 Å². The van der Waals surface area contributed by atoms with Crippen molar-refractivity contribution in [2.75, 3.05) is 19.7 Å². The van der Waals surface area contributed by atoms with Gasteiger partial charge in [0.05, 0.1) is 25.0 Å². The van der Waals surface area contributed by atoms with Crippen LogP contribution in [0.3, 0.4) is 0 Å². The van der Waals surface area contributed by atoms with Crippen LogP contribution in [0.25, 0.3) is 0 Å². The average Bonchev–Trinajstić information content (AvgIpc) is 3.10. The Hall–Kier alpha value is -2.35. The molecule has 3 heterocycles.